The second-order valence-corrected chi connectivity index (χ2v) is 5.48. The predicted octanol–water partition coefficient (Wildman–Crippen LogP) is 2.06. The summed E-state index contributed by atoms with van der Waals surface area (Å²) in [7, 11) is 1.76. The second kappa shape index (κ2) is 11.7. The number of methoxy groups -OCH3 is 1. The highest BCUT2D eigenvalue weighted by atomic mass is 127. The first-order chi connectivity index (χ1) is 10.8. The van der Waals surface area contributed by atoms with Gasteiger partial charge in [-0.05, 0) is 38.4 Å². The van der Waals surface area contributed by atoms with Crippen LogP contribution < -0.4 is 10.6 Å². The third-order valence-electron chi connectivity index (χ3n) is 3.90. The van der Waals surface area contributed by atoms with Crippen molar-refractivity contribution in [2.45, 2.75) is 32.4 Å². The number of likely N-dealkylation sites (tertiary alicyclic amines) is 1. The van der Waals surface area contributed by atoms with E-state index >= 15 is 0 Å². The topological polar surface area (TPSA) is 62.0 Å². The third-order valence-corrected chi connectivity index (χ3v) is 3.90. The number of rotatable bonds is 8. The van der Waals surface area contributed by atoms with Gasteiger partial charge in [-0.2, -0.15) is 0 Å². The van der Waals surface area contributed by atoms with Crippen LogP contribution in [0, 0.1) is 0 Å². The van der Waals surface area contributed by atoms with E-state index < -0.39 is 0 Å². The van der Waals surface area contributed by atoms with Gasteiger partial charge in [-0.25, -0.2) is 4.99 Å². The van der Waals surface area contributed by atoms with E-state index in [0.717, 1.165) is 44.5 Å². The highest BCUT2D eigenvalue weighted by molar-refractivity contribution is 14.0. The van der Waals surface area contributed by atoms with Gasteiger partial charge in [0.15, 0.2) is 5.96 Å². The Kier molecular flexibility index (Phi) is 10.3. The largest absolute Gasteiger partial charge is 0.467 e. The number of halogens is 1. The molecule has 1 aromatic heterocycles. The summed E-state index contributed by atoms with van der Waals surface area (Å²) >= 11 is 0. The van der Waals surface area contributed by atoms with Crippen molar-refractivity contribution >= 4 is 29.9 Å². The molecule has 2 heterocycles. The minimum absolute atomic E-state index is 0. The van der Waals surface area contributed by atoms with Crippen molar-refractivity contribution in [2.24, 2.45) is 4.99 Å². The molecule has 0 saturated carbocycles. The maximum absolute atomic E-state index is 5.32. The average Bonchev–Trinajstić information content (AvgIpc) is 3.19. The lowest BCUT2D eigenvalue weighted by Crippen LogP contribution is -2.45. The number of nitrogens with one attached hydrogen (secondary N) is 2. The molecule has 0 aliphatic carbocycles. The molecular weight excluding hydrogens is 407 g/mol. The summed E-state index contributed by atoms with van der Waals surface area (Å²) in [5.41, 5.74) is 0. The molecule has 1 aromatic rings. The van der Waals surface area contributed by atoms with Crippen LogP contribution in [0.15, 0.2) is 27.8 Å². The van der Waals surface area contributed by atoms with Crippen LogP contribution in [0.2, 0.25) is 0 Å². The van der Waals surface area contributed by atoms with Crippen LogP contribution in [0.1, 0.15) is 25.5 Å². The Balaban J connectivity index is 0.00000264. The van der Waals surface area contributed by atoms with E-state index in [4.69, 9.17) is 9.15 Å². The number of furan rings is 1. The maximum Gasteiger partial charge on any atom is 0.191 e. The molecule has 132 valence electrons. The van der Waals surface area contributed by atoms with Crippen molar-refractivity contribution in [1.29, 1.82) is 0 Å². The van der Waals surface area contributed by atoms with Crippen LogP contribution >= 0.6 is 24.0 Å². The normalized spacial score (nSPS) is 18.7. The average molecular weight is 436 g/mol. The lowest BCUT2D eigenvalue weighted by molar-refractivity contribution is 0.141. The van der Waals surface area contributed by atoms with Crippen LogP contribution in [0.5, 0.6) is 0 Å². The standard InChI is InChI=1S/C16H28N4O2.HI/c1-3-17-16(19-13-15-7-5-10-22-15)18-12-14-6-4-8-20(14)9-11-21-2;/h5,7,10,14H,3-4,6,8-9,11-13H2,1-2H3,(H2,17,18,19);1H. The Morgan fingerprint density at radius 2 is 2.35 bits per heavy atom. The molecule has 0 amide bonds. The molecule has 0 radical (unpaired) electrons. The highest BCUT2D eigenvalue weighted by Crippen LogP contribution is 2.15. The van der Waals surface area contributed by atoms with E-state index in [-0.39, 0.29) is 24.0 Å². The predicted molar refractivity (Wildman–Crippen MR) is 103 cm³/mol. The number of nitrogens with zero attached hydrogens (tertiary/aromatic N) is 2. The monoisotopic (exact) mass is 436 g/mol. The summed E-state index contributed by atoms with van der Waals surface area (Å²) in [5.74, 6) is 1.72. The number of hydrogen-bond donors (Lipinski definition) is 2. The minimum atomic E-state index is 0. The van der Waals surface area contributed by atoms with Crippen LogP contribution in [0.3, 0.4) is 0 Å². The summed E-state index contributed by atoms with van der Waals surface area (Å²) in [6, 6.07) is 4.39. The molecule has 1 fully saturated rings. The van der Waals surface area contributed by atoms with E-state index in [1.165, 1.54) is 12.8 Å². The van der Waals surface area contributed by atoms with Crippen molar-refractivity contribution in [3.63, 3.8) is 0 Å². The Morgan fingerprint density at radius 3 is 3.04 bits per heavy atom. The molecule has 2 N–H and O–H groups in total. The zero-order chi connectivity index (χ0) is 15.6. The molecule has 23 heavy (non-hydrogen) atoms. The molecule has 0 bridgehead atoms. The Hall–Kier alpha value is -0.800. The molecule has 1 aliphatic rings. The number of ether oxygens (including phenoxy) is 1. The summed E-state index contributed by atoms with van der Waals surface area (Å²) < 4.78 is 10.5. The quantitative estimate of drug-likeness (QED) is 0.371. The Morgan fingerprint density at radius 1 is 1.48 bits per heavy atom. The smallest absolute Gasteiger partial charge is 0.191 e. The fraction of sp³-hybridized carbons (Fsp3) is 0.688. The summed E-state index contributed by atoms with van der Waals surface area (Å²) in [6.45, 7) is 7.35. The molecule has 6 nitrogen and oxygen atoms in total. The first-order valence-electron chi connectivity index (χ1n) is 8.11. The Labute approximate surface area is 156 Å². The first-order valence-corrected chi connectivity index (χ1v) is 8.11. The molecule has 1 atom stereocenters. The SMILES string of the molecule is CCNC(=NCc1ccco1)NCC1CCCN1CCOC.I. The first kappa shape index (κ1) is 20.2. The van der Waals surface area contributed by atoms with Gasteiger partial charge in [-0.1, -0.05) is 0 Å². The molecule has 0 aromatic carbocycles. The summed E-state index contributed by atoms with van der Waals surface area (Å²) in [6.07, 6.45) is 4.17. The van der Waals surface area contributed by atoms with Crippen LogP contribution in [-0.2, 0) is 11.3 Å². The van der Waals surface area contributed by atoms with Crippen LogP contribution in [0.25, 0.3) is 0 Å². The number of guanidine groups is 1. The van der Waals surface area contributed by atoms with Crippen molar-refractivity contribution in [3.8, 4) is 0 Å². The van der Waals surface area contributed by atoms with Crippen molar-refractivity contribution in [3.05, 3.63) is 24.2 Å². The van der Waals surface area contributed by atoms with Gasteiger partial charge >= 0.3 is 0 Å². The molecule has 2 rings (SSSR count). The van der Waals surface area contributed by atoms with Gasteiger partial charge in [0.1, 0.15) is 12.3 Å². The number of aliphatic imine (C=N–C) groups is 1. The lowest BCUT2D eigenvalue weighted by Gasteiger charge is -2.25. The maximum atomic E-state index is 5.32. The van der Waals surface area contributed by atoms with Gasteiger partial charge in [-0.3, -0.25) is 4.90 Å². The van der Waals surface area contributed by atoms with Crippen molar-refractivity contribution < 1.29 is 9.15 Å². The number of hydrogen-bond acceptors (Lipinski definition) is 4. The Bertz CT molecular complexity index is 439. The molecular formula is C16H29IN4O2. The van der Waals surface area contributed by atoms with Crippen LogP contribution in [0.4, 0.5) is 0 Å². The third kappa shape index (κ3) is 7.09. The zero-order valence-corrected chi connectivity index (χ0v) is 16.4. The van der Waals surface area contributed by atoms with Gasteiger partial charge < -0.3 is 19.8 Å². The summed E-state index contributed by atoms with van der Waals surface area (Å²) in [5, 5.41) is 6.73. The fourth-order valence-corrected chi connectivity index (χ4v) is 2.74. The van der Waals surface area contributed by atoms with Gasteiger partial charge in [0.2, 0.25) is 0 Å². The highest BCUT2D eigenvalue weighted by Gasteiger charge is 2.23. The second-order valence-electron chi connectivity index (χ2n) is 5.48. The molecule has 1 aliphatic heterocycles. The molecule has 1 unspecified atom stereocenters. The van der Waals surface area contributed by atoms with Gasteiger partial charge in [0.05, 0.1) is 12.9 Å². The van der Waals surface area contributed by atoms with Crippen LogP contribution in [-0.4, -0.2) is 56.8 Å². The molecule has 7 heteroatoms. The molecule has 1 saturated heterocycles. The van der Waals surface area contributed by atoms with E-state index in [9.17, 15) is 0 Å². The van der Waals surface area contributed by atoms with E-state index in [2.05, 4.69) is 27.4 Å². The van der Waals surface area contributed by atoms with Crippen molar-refractivity contribution in [1.82, 2.24) is 15.5 Å². The van der Waals surface area contributed by atoms with E-state index in [1.807, 2.05) is 12.1 Å². The lowest BCUT2D eigenvalue weighted by atomic mass is 10.2. The summed E-state index contributed by atoms with van der Waals surface area (Å²) in [4.78, 5) is 7.05. The van der Waals surface area contributed by atoms with Crippen molar-refractivity contribution in [2.75, 3.05) is 39.9 Å². The van der Waals surface area contributed by atoms with E-state index in [1.54, 1.807) is 13.4 Å². The molecule has 0 spiro atoms. The van der Waals surface area contributed by atoms with E-state index in [0.29, 0.717) is 12.6 Å². The van der Waals surface area contributed by atoms with Gasteiger partial charge in [0, 0.05) is 32.8 Å². The zero-order valence-electron chi connectivity index (χ0n) is 14.1. The minimum Gasteiger partial charge on any atom is -0.467 e. The fourth-order valence-electron chi connectivity index (χ4n) is 2.74. The van der Waals surface area contributed by atoms with Gasteiger partial charge in [0.25, 0.3) is 0 Å². The van der Waals surface area contributed by atoms with Gasteiger partial charge in [-0.15, -0.1) is 24.0 Å².